The van der Waals surface area contributed by atoms with E-state index in [1.54, 1.807) is 36.4 Å². The maximum atomic E-state index is 13.4. The number of methoxy groups -OCH3 is 1. The Bertz CT molecular complexity index is 1310. The lowest BCUT2D eigenvalue weighted by molar-refractivity contribution is 0.0984. The molecule has 2 aromatic heterocycles. The summed E-state index contributed by atoms with van der Waals surface area (Å²) in [5, 5.41) is 0.837. The highest BCUT2D eigenvalue weighted by Gasteiger charge is 2.22. The number of hydrogen-bond donors (Lipinski definition) is 1. The van der Waals surface area contributed by atoms with Crippen LogP contribution in [-0.4, -0.2) is 23.0 Å². The van der Waals surface area contributed by atoms with Gasteiger partial charge in [-0.1, -0.05) is 12.1 Å². The fraction of sp³-hybridized carbons (Fsp3) is 0.160. The van der Waals surface area contributed by atoms with Crippen LogP contribution in [0.2, 0.25) is 0 Å². The molecular weight excluding hydrogens is 390 g/mol. The summed E-state index contributed by atoms with van der Waals surface area (Å²) < 4.78 is 5.30. The summed E-state index contributed by atoms with van der Waals surface area (Å²) in [6.07, 6.45) is 3.16. The second-order valence-corrected chi connectivity index (χ2v) is 7.43. The van der Waals surface area contributed by atoms with Gasteiger partial charge in [-0.2, -0.15) is 0 Å². The van der Waals surface area contributed by atoms with Gasteiger partial charge in [0.2, 0.25) is 0 Å². The van der Waals surface area contributed by atoms with Crippen LogP contribution in [0, 0.1) is 13.8 Å². The van der Waals surface area contributed by atoms with Gasteiger partial charge in [-0.25, -0.2) is 0 Å². The smallest absolute Gasteiger partial charge is 0.260 e. The normalized spacial score (nSPS) is 10.8. The van der Waals surface area contributed by atoms with Crippen molar-refractivity contribution in [1.82, 2.24) is 9.97 Å². The van der Waals surface area contributed by atoms with Crippen molar-refractivity contribution >= 4 is 22.5 Å². The van der Waals surface area contributed by atoms with E-state index in [9.17, 15) is 9.59 Å². The van der Waals surface area contributed by atoms with Crippen molar-refractivity contribution in [1.29, 1.82) is 0 Å². The molecule has 0 fully saturated rings. The summed E-state index contributed by atoms with van der Waals surface area (Å²) in [6.45, 7) is 4.10. The minimum atomic E-state index is -0.230. The topological polar surface area (TPSA) is 75.3 Å². The number of fused-ring (bicyclic) bond motifs is 1. The monoisotopic (exact) mass is 413 g/mol. The number of pyridine rings is 2. The number of carbonyl (C=O) groups is 1. The predicted octanol–water partition coefficient (Wildman–Crippen LogP) is 4.40. The number of nitrogens with zero attached hydrogens (tertiary/aromatic N) is 2. The molecule has 0 atom stereocenters. The number of aromatic amines is 1. The summed E-state index contributed by atoms with van der Waals surface area (Å²) in [5.74, 6) is 0.482. The number of rotatable bonds is 5. The molecule has 156 valence electrons. The van der Waals surface area contributed by atoms with Crippen molar-refractivity contribution in [3.8, 4) is 5.75 Å². The average molecular weight is 413 g/mol. The number of nitrogens with one attached hydrogen (secondary N) is 1. The van der Waals surface area contributed by atoms with E-state index >= 15 is 0 Å². The maximum Gasteiger partial charge on any atom is 0.260 e. The van der Waals surface area contributed by atoms with Gasteiger partial charge in [-0.05, 0) is 67.4 Å². The van der Waals surface area contributed by atoms with Gasteiger partial charge in [0.25, 0.3) is 11.5 Å². The van der Waals surface area contributed by atoms with Gasteiger partial charge in [0.15, 0.2) is 0 Å². The Hall–Kier alpha value is -3.93. The molecule has 4 rings (SSSR count). The Kier molecular flexibility index (Phi) is 5.54. The average Bonchev–Trinajstić information content (AvgIpc) is 2.79. The standard InChI is InChI=1S/C25H23N3O3/c1-16-6-4-8-23(17(16)2)28(25(30)18-7-5-11-26-14-18)15-20-12-19-13-21(31-3)9-10-22(19)27-24(20)29/h4-14H,15H2,1-3H3,(H,27,29). The molecule has 4 aromatic rings. The van der Waals surface area contributed by atoms with Crippen molar-refractivity contribution in [2.75, 3.05) is 12.0 Å². The van der Waals surface area contributed by atoms with Crippen molar-refractivity contribution in [2.24, 2.45) is 0 Å². The summed E-state index contributed by atoms with van der Waals surface area (Å²) in [5.41, 5.74) is 4.25. The van der Waals surface area contributed by atoms with E-state index in [1.165, 1.54) is 6.20 Å². The van der Waals surface area contributed by atoms with Crippen LogP contribution in [0.1, 0.15) is 27.0 Å². The molecule has 0 aliphatic heterocycles. The van der Waals surface area contributed by atoms with Gasteiger partial charge in [-0.3, -0.25) is 14.6 Å². The zero-order valence-corrected chi connectivity index (χ0v) is 17.7. The number of aromatic nitrogens is 2. The quantitative estimate of drug-likeness (QED) is 0.526. The summed E-state index contributed by atoms with van der Waals surface area (Å²) >= 11 is 0. The van der Waals surface area contributed by atoms with Crippen molar-refractivity contribution in [2.45, 2.75) is 20.4 Å². The summed E-state index contributed by atoms with van der Waals surface area (Å²) in [7, 11) is 1.60. The van der Waals surface area contributed by atoms with Crippen LogP contribution in [0.5, 0.6) is 5.75 Å². The third-order valence-corrected chi connectivity index (χ3v) is 5.48. The number of benzene rings is 2. The Morgan fingerprint density at radius 1 is 1.10 bits per heavy atom. The molecule has 0 saturated carbocycles. The third kappa shape index (κ3) is 4.05. The summed E-state index contributed by atoms with van der Waals surface area (Å²) in [6, 6.07) is 16.5. The highest BCUT2D eigenvalue weighted by atomic mass is 16.5. The number of amides is 1. The highest BCUT2D eigenvalue weighted by Crippen LogP contribution is 2.27. The largest absolute Gasteiger partial charge is 0.497 e. The Labute approximate surface area is 180 Å². The minimum absolute atomic E-state index is 0.126. The van der Waals surface area contributed by atoms with Crippen LogP contribution < -0.4 is 15.2 Å². The van der Waals surface area contributed by atoms with Gasteiger partial charge < -0.3 is 14.6 Å². The fourth-order valence-corrected chi connectivity index (χ4v) is 3.58. The first kappa shape index (κ1) is 20.3. The van der Waals surface area contributed by atoms with Crippen LogP contribution >= 0.6 is 0 Å². The van der Waals surface area contributed by atoms with Crippen molar-refractivity contribution in [3.63, 3.8) is 0 Å². The van der Waals surface area contributed by atoms with Gasteiger partial charge in [0.1, 0.15) is 5.75 Å². The molecule has 1 N–H and O–H groups in total. The first-order valence-electron chi connectivity index (χ1n) is 9.96. The molecule has 31 heavy (non-hydrogen) atoms. The fourth-order valence-electron chi connectivity index (χ4n) is 3.58. The van der Waals surface area contributed by atoms with Gasteiger partial charge in [-0.15, -0.1) is 0 Å². The molecule has 0 aliphatic rings. The number of hydrogen-bond acceptors (Lipinski definition) is 4. The number of anilines is 1. The van der Waals surface area contributed by atoms with E-state index in [0.717, 1.165) is 22.2 Å². The van der Waals surface area contributed by atoms with Crippen molar-refractivity contribution < 1.29 is 9.53 Å². The highest BCUT2D eigenvalue weighted by molar-refractivity contribution is 6.06. The lowest BCUT2D eigenvalue weighted by Gasteiger charge is -2.25. The maximum absolute atomic E-state index is 13.4. The van der Waals surface area contributed by atoms with Crippen LogP contribution in [0.25, 0.3) is 10.9 Å². The van der Waals surface area contributed by atoms with E-state index in [0.29, 0.717) is 22.4 Å². The third-order valence-electron chi connectivity index (χ3n) is 5.48. The molecule has 2 heterocycles. The molecular formula is C25H23N3O3. The van der Waals surface area contributed by atoms with Crippen LogP contribution in [-0.2, 0) is 6.54 Å². The Morgan fingerprint density at radius 2 is 1.94 bits per heavy atom. The zero-order chi connectivity index (χ0) is 22.0. The lowest BCUT2D eigenvalue weighted by atomic mass is 10.1. The van der Waals surface area contributed by atoms with E-state index in [2.05, 4.69) is 9.97 Å². The van der Waals surface area contributed by atoms with E-state index in [1.807, 2.05) is 50.2 Å². The van der Waals surface area contributed by atoms with E-state index in [-0.39, 0.29) is 18.0 Å². The number of carbonyl (C=O) groups excluding carboxylic acids is 1. The molecule has 2 aromatic carbocycles. The Balaban J connectivity index is 1.83. The molecule has 1 amide bonds. The predicted molar refractivity (Wildman–Crippen MR) is 122 cm³/mol. The SMILES string of the molecule is COc1ccc2[nH]c(=O)c(CN(C(=O)c3cccnc3)c3cccc(C)c3C)cc2c1. The molecule has 0 bridgehead atoms. The van der Waals surface area contributed by atoms with Gasteiger partial charge >= 0.3 is 0 Å². The van der Waals surface area contributed by atoms with E-state index < -0.39 is 0 Å². The number of ether oxygens (including phenoxy) is 1. The second kappa shape index (κ2) is 8.44. The van der Waals surface area contributed by atoms with Gasteiger partial charge in [0, 0.05) is 34.5 Å². The van der Waals surface area contributed by atoms with Crippen LogP contribution in [0.3, 0.4) is 0 Å². The number of aryl methyl sites for hydroxylation is 1. The number of H-pyrrole nitrogens is 1. The van der Waals surface area contributed by atoms with Crippen LogP contribution in [0.15, 0.2) is 71.8 Å². The van der Waals surface area contributed by atoms with Crippen molar-refractivity contribution in [3.05, 3.63) is 99.6 Å². The van der Waals surface area contributed by atoms with Gasteiger partial charge in [0.05, 0.1) is 19.2 Å². The minimum Gasteiger partial charge on any atom is -0.497 e. The van der Waals surface area contributed by atoms with E-state index in [4.69, 9.17) is 4.74 Å². The molecule has 0 saturated heterocycles. The molecule has 0 aliphatic carbocycles. The molecule has 6 nitrogen and oxygen atoms in total. The molecule has 6 heteroatoms. The molecule has 0 unspecified atom stereocenters. The Morgan fingerprint density at radius 3 is 2.68 bits per heavy atom. The summed E-state index contributed by atoms with van der Waals surface area (Å²) in [4.78, 5) is 34.9. The first-order chi connectivity index (χ1) is 15.0. The second-order valence-electron chi connectivity index (χ2n) is 7.43. The molecule has 0 radical (unpaired) electrons. The molecule has 0 spiro atoms. The zero-order valence-electron chi connectivity index (χ0n) is 17.7. The first-order valence-corrected chi connectivity index (χ1v) is 9.96. The lowest BCUT2D eigenvalue weighted by Crippen LogP contribution is -2.33. The van der Waals surface area contributed by atoms with Crippen LogP contribution in [0.4, 0.5) is 5.69 Å².